The van der Waals surface area contributed by atoms with Crippen LogP contribution in [0.4, 0.5) is 5.69 Å². The molecular formula is C14H13BrClN3O4. The van der Waals surface area contributed by atoms with Gasteiger partial charge in [-0.25, -0.2) is 14.6 Å². The number of carbonyl (C=O) groups is 2. The smallest absolute Gasteiger partial charge is 0.356 e. The van der Waals surface area contributed by atoms with E-state index < -0.39 is 17.8 Å². The minimum absolute atomic E-state index is 0.145. The van der Waals surface area contributed by atoms with E-state index in [-0.39, 0.29) is 6.54 Å². The number of pyridine rings is 1. The molecule has 1 saturated heterocycles. The van der Waals surface area contributed by atoms with Crippen molar-refractivity contribution in [2.45, 2.75) is 12.3 Å². The predicted molar refractivity (Wildman–Crippen MR) is 85.8 cm³/mol. The van der Waals surface area contributed by atoms with Crippen LogP contribution in [0.25, 0.3) is 0 Å². The Morgan fingerprint density at radius 2 is 2.00 bits per heavy atom. The number of hydrogen-bond donors (Lipinski definition) is 1. The van der Waals surface area contributed by atoms with Crippen LogP contribution in [0.3, 0.4) is 0 Å². The molecule has 7 nitrogen and oxygen atoms in total. The SMILES string of the molecule is O=C1C=CC(=O)OC2(CNCCCN2c2cnc(Cl)c(Br)c2)O1. The largest absolute Gasteiger partial charge is 0.399 e. The molecule has 1 aromatic rings. The minimum Gasteiger partial charge on any atom is -0.399 e. The molecule has 3 heterocycles. The molecule has 1 N–H and O–H groups in total. The van der Waals surface area contributed by atoms with Gasteiger partial charge in [-0.05, 0) is 35.0 Å². The summed E-state index contributed by atoms with van der Waals surface area (Å²) in [6.45, 7) is 1.35. The first-order chi connectivity index (χ1) is 11.0. The molecule has 0 aromatic carbocycles. The van der Waals surface area contributed by atoms with Gasteiger partial charge in [-0.2, -0.15) is 0 Å². The van der Waals surface area contributed by atoms with Gasteiger partial charge in [-0.1, -0.05) is 11.6 Å². The maximum absolute atomic E-state index is 11.9. The Morgan fingerprint density at radius 1 is 1.30 bits per heavy atom. The van der Waals surface area contributed by atoms with E-state index in [2.05, 4.69) is 26.2 Å². The van der Waals surface area contributed by atoms with Gasteiger partial charge < -0.3 is 14.8 Å². The van der Waals surface area contributed by atoms with Crippen LogP contribution in [0.1, 0.15) is 6.42 Å². The van der Waals surface area contributed by atoms with Crippen LogP contribution in [0.15, 0.2) is 28.9 Å². The summed E-state index contributed by atoms with van der Waals surface area (Å²) in [7, 11) is 0. The quantitative estimate of drug-likeness (QED) is 0.564. The summed E-state index contributed by atoms with van der Waals surface area (Å²) in [6.07, 6.45) is 4.41. The lowest BCUT2D eigenvalue weighted by atomic mass is 10.3. The zero-order valence-corrected chi connectivity index (χ0v) is 14.3. The van der Waals surface area contributed by atoms with Crippen LogP contribution in [-0.4, -0.2) is 42.5 Å². The fourth-order valence-electron chi connectivity index (χ4n) is 2.48. The molecule has 0 radical (unpaired) electrons. The molecule has 1 fully saturated rings. The summed E-state index contributed by atoms with van der Waals surface area (Å²) < 4.78 is 11.5. The topological polar surface area (TPSA) is 80.8 Å². The highest BCUT2D eigenvalue weighted by Crippen LogP contribution is 2.32. The normalized spacial score (nSPS) is 20.7. The second-order valence-electron chi connectivity index (χ2n) is 5.04. The second kappa shape index (κ2) is 6.46. The molecule has 3 rings (SSSR count). The maximum Gasteiger partial charge on any atom is 0.356 e. The molecule has 0 aliphatic carbocycles. The summed E-state index contributed by atoms with van der Waals surface area (Å²) in [5, 5.41) is 3.43. The fourth-order valence-corrected chi connectivity index (χ4v) is 2.92. The van der Waals surface area contributed by atoms with Crippen molar-refractivity contribution in [3.63, 3.8) is 0 Å². The van der Waals surface area contributed by atoms with Gasteiger partial charge in [0.25, 0.3) is 0 Å². The van der Waals surface area contributed by atoms with Crippen molar-refractivity contribution < 1.29 is 19.1 Å². The summed E-state index contributed by atoms with van der Waals surface area (Å²) in [5.74, 6) is -2.86. The van der Waals surface area contributed by atoms with Gasteiger partial charge in [0.15, 0.2) is 0 Å². The van der Waals surface area contributed by atoms with Crippen molar-refractivity contribution in [3.05, 3.63) is 34.0 Å². The first-order valence-corrected chi connectivity index (χ1v) is 8.11. The van der Waals surface area contributed by atoms with E-state index >= 15 is 0 Å². The van der Waals surface area contributed by atoms with Gasteiger partial charge >= 0.3 is 17.8 Å². The van der Waals surface area contributed by atoms with Crippen molar-refractivity contribution >= 4 is 45.2 Å². The summed E-state index contributed by atoms with van der Waals surface area (Å²) in [6, 6.07) is 1.74. The summed E-state index contributed by atoms with van der Waals surface area (Å²) in [4.78, 5) is 29.5. The molecule has 9 heteroatoms. The highest BCUT2D eigenvalue weighted by atomic mass is 79.9. The number of ether oxygens (including phenoxy) is 2. The molecule has 122 valence electrons. The third-order valence-corrected chi connectivity index (χ3v) is 4.60. The summed E-state index contributed by atoms with van der Waals surface area (Å²) >= 11 is 9.25. The van der Waals surface area contributed by atoms with Crippen LogP contribution >= 0.6 is 27.5 Å². The Labute approximate surface area is 145 Å². The lowest BCUT2D eigenvalue weighted by Gasteiger charge is -2.40. The van der Waals surface area contributed by atoms with Gasteiger partial charge in [-0.15, -0.1) is 0 Å². The first kappa shape index (κ1) is 16.2. The zero-order chi connectivity index (χ0) is 16.4. The zero-order valence-electron chi connectivity index (χ0n) is 11.9. The minimum atomic E-state index is -1.57. The van der Waals surface area contributed by atoms with Gasteiger partial charge in [0, 0.05) is 18.7 Å². The Kier molecular flexibility index (Phi) is 4.56. The van der Waals surface area contributed by atoms with Gasteiger partial charge in [0.05, 0.1) is 22.9 Å². The van der Waals surface area contributed by atoms with Crippen molar-refractivity contribution in [2.24, 2.45) is 0 Å². The number of aromatic nitrogens is 1. The number of anilines is 1. The van der Waals surface area contributed by atoms with E-state index in [9.17, 15) is 9.59 Å². The van der Waals surface area contributed by atoms with Crippen LogP contribution in [0, 0.1) is 0 Å². The van der Waals surface area contributed by atoms with Crippen molar-refractivity contribution in [2.75, 3.05) is 24.5 Å². The Balaban J connectivity index is 2.04. The molecule has 0 bridgehead atoms. The van der Waals surface area contributed by atoms with E-state index in [1.54, 1.807) is 17.2 Å². The number of nitrogens with one attached hydrogen (secondary N) is 1. The number of esters is 2. The van der Waals surface area contributed by atoms with Crippen molar-refractivity contribution in [3.8, 4) is 0 Å². The Hall–Kier alpha value is -1.64. The molecule has 0 saturated carbocycles. The molecule has 2 aliphatic rings. The molecule has 2 aliphatic heterocycles. The van der Waals surface area contributed by atoms with Gasteiger partial charge in [0.1, 0.15) is 5.15 Å². The van der Waals surface area contributed by atoms with Crippen LogP contribution < -0.4 is 10.2 Å². The van der Waals surface area contributed by atoms with Gasteiger partial charge in [0.2, 0.25) is 0 Å². The second-order valence-corrected chi connectivity index (χ2v) is 6.25. The first-order valence-electron chi connectivity index (χ1n) is 6.94. The van der Waals surface area contributed by atoms with E-state index in [0.717, 1.165) is 18.6 Å². The number of rotatable bonds is 1. The van der Waals surface area contributed by atoms with E-state index in [0.29, 0.717) is 28.4 Å². The molecule has 0 atom stereocenters. The lowest BCUT2D eigenvalue weighted by molar-refractivity contribution is -0.217. The molecular weight excluding hydrogens is 390 g/mol. The Morgan fingerprint density at radius 3 is 2.65 bits per heavy atom. The number of nitrogens with zero attached hydrogens (tertiary/aromatic N) is 2. The highest BCUT2D eigenvalue weighted by Gasteiger charge is 2.47. The van der Waals surface area contributed by atoms with Gasteiger partial charge in [-0.3, -0.25) is 4.90 Å². The average Bonchev–Trinajstić information content (AvgIpc) is 2.78. The van der Waals surface area contributed by atoms with Crippen molar-refractivity contribution in [1.29, 1.82) is 0 Å². The maximum atomic E-state index is 11.9. The summed E-state index contributed by atoms with van der Waals surface area (Å²) in [5.41, 5.74) is 0.618. The lowest BCUT2D eigenvalue weighted by Crippen LogP contribution is -2.58. The third kappa shape index (κ3) is 3.34. The predicted octanol–water partition coefficient (Wildman–Crippen LogP) is 1.61. The molecule has 0 amide bonds. The number of halogens is 2. The molecule has 1 aromatic heterocycles. The molecule has 0 unspecified atom stereocenters. The van der Waals surface area contributed by atoms with E-state index in [1.165, 1.54) is 0 Å². The third-order valence-electron chi connectivity index (χ3n) is 3.46. The standard InChI is InChI=1S/C14H13BrClN3O4/c15-10-6-9(7-18-13(10)16)19-5-1-4-17-8-14(19)22-11(20)2-3-12(21)23-14/h2-3,6-7,17H,1,4-5,8H2. The van der Waals surface area contributed by atoms with Crippen molar-refractivity contribution in [1.82, 2.24) is 10.3 Å². The number of carbonyl (C=O) groups excluding carboxylic acids is 2. The molecule has 23 heavy (non-hydrogen) atoms. The fraction of sp³-hybridized carbons (Fsp3) is 0.357. The highest BCUT2D eigenvalue weighted by molar-refractivity contribution is 9.10. The average molecular weight is 403 g/mol. The number of hydrogen-bond acceptors (Lipinski definition) is 7. The molecule has 1 spiro atoms. The van der Waals surface area contributed by atoms with Crippen LogP contribution in [0.2, 0.25) is 5.15 Å². The van der Waals surface area contributed by atoms with E-state index in [4.69, 9.17) is 21.1 Å². The van der Waals surface area contributed by atoms with Crippen LogP contribution in [0.5, 0.6) is 0 Å². The Bertz CT molecular complexity index is 662. The monoisotopic (exact) mass is 401 g/mol. The van der Waals surface area contributed by atoms with Crippen LogP contribution in [-0.2, 0) is 19.1 Å². The van der Waals surface area contributed by atoms with E-state index in [1.807, 2.05) is 0 Å².